The summed E-state index contributed by atoms with van der Waals surface area (Å²) in [7, 11) is 0. The Morgan fingerprint density at radius 1 is 1.42 bits per heavy atom. The Labute approximate surface area is 111 Å². The van der Waals surface area contributed by atoms with Crippen molar-refractivity contribution in [2.24, 2.45) is 0 Å². The molecular weight excluding hydrogens is 242 g/mol. The first kappa shape index (κ1) is 13.1. The van der Waals surface area contributed by atoms with Crippen LogP contribution in [0.2, 0.25) is 0 Å². The van der Waals surface area contributed by atoms with Gasteiger partial charge in [0, 0.05) is 12.2 Å². The summed E-state index contributed by atoms with van der Waals surface area (Å²) in [6, 6.07) is 6.83. The lowest BCUT2D eigenvalue weighted by Gasteiger charge is -2.17. The van der Waals surface area contributed by atoms with Crippen LogP contribution in [0, 0.1) is 6.92 Å². The number of carbonyl (C=O) groups is 1. The summed E-state index contributed by atoms with van der Waals surface area (Å²) in [6.07, 6.45) is 3.23. The second kappa shape index (κ2) is 5.56. The van der Waals surface area contributed by atoms with Gasteiger partial charge in [0.25, 0.3) is 0 Å². The van der Waals surface area contributed by atoms with Gasteiger partial charge < -0.3 is 15.0 Å². The minimum absolute atomic E-state index is 0.649. The molecule has 0 saturated carbocycles. The number of hydrogen-bond acceptors (Lipinski definition) is 3. The number of aromatic nitrogens is 2. The molecule has 0 spiro atoms. The highest BCUT2D eigenvalue weighted by atomic mass is 16.4. The maximum absolute atomic E-state index is 11.4. The molecular formula is C14H17N3O2. The molecule has 1 heterocycles. The first-order valence-electron chi connectivity index (χ1n) is 6.18. The highest BCUT2D eigenvalue weighted by Crippen LogP contribution is 2.20. The molecule has 2 aromatic rings. The molecule has 19 heavy (non-hydrogen) atoms. The van der Waals surface area contributed by atoms with Crippen LogP contribution < -0.4 is 5.32 Å². The number of benzene rings is 1. The van der Waals surface area contributed by atoms with Gasteiger partial charge in [-0.1, -0.05) is 17.7 Å². The predicted octanol–water partition coefficient (Wildman–Crippen LogP) is 2.45. The van der Waals surface area contributed by atoms with Gasteiger partial charge in [-0.2, -0.15) is 0 Å². The van der Waals surface area contributed by atoms with Crippen molar-refractivity contribution in [3.8, 4) is 0 Å². The van der Waals surface area contributed by atoms with Gasteiger partial charge in [0.15, 0.2) is 6.04 Å². The van der Waals surface area contributed by atoms with Gasteiger partial charge in [-0.3, -0.25) is 0 Å². The Hall–Kier alpha value is -2.30. The molecule has 1 aromatic carbocycles. The average molecular weight is 259 g/mol. The van der Waals surface area contributed by atoms with Gasteiger partial charge in [-0.15, -0.1) is 0 Å². The molecule has 0 bridgehead atoms. The summed E-state index contributed by atoms with van der Waals surface area (Å²) in [5, 5.41) is 12.4. The molecule has 0 aliphatic rings. The monoisotopic (exact) mass is 259 g/mol. The molecule has 2 rings (SSSR count). The summed E-state index contributed by atoms with van der Waals surface area (Å²) in [5.74, 6) is -0.921. The molecule has 100 valence electrons. The van der Waals surface area contributed by atoms with Crippen LogP contribution in [0.5, 0.6) is 0 Å². The van der Waals surface area contributed by atoms with E-state index in [1.54, 1.807) is 12.5 Å². The van der Waals surface area contributed by atoms with Crippen LogP contribution in [-0.2, 0) is 11.3 Å². The van der Waals surface area contributed by atoms with E-state index >= 15 is 0 Å². The molecule has 0 aliphatic carbocycles. The Balaban J connectivity index is 2.26. The van der Waals surface area contributed by atoms with Gasteiger partial charge in [0.05, 0.1) is 18.2 Å². The first-order valence-corrected chi connectivity index (χ1v) is 6.18. The minimum atomic E-state index is -0.921. The van der Waals surface area contributed by atoms with E-state index < -0.39 is 12.0 Å². The lowest BCUT2D eigenvalue weighted by atomic mass is 10.1. The number of imidazole rings is 1. The molecule has 0 saturated heterocycles. The van der Waals surface area contributed by atoms with E-state index in [9.17, 15) is 9.90 Å². The van der Waals surface area contributed by atoms with E-state index in [0.29, 0.717) is 12.2 Å². The average Bonchev–Trinajstić information content (AvgIpc) is 2.85. The summed E-state index contributed by atoms with van der Waals surface area (Å²) >= 11 is 0. The number of aryl methyl sites for hydroxylation is 2. The van der Waals surface area contributed by atoms with E-state index in [1.807, 2.05) is 42.7 Å². The number of hydrogen-bond donors (Lipinski definition) is 2. The predicted molar refractivity (Wildman–Crippen MR) is 73.1 cm³/mol. The van der Waals surface area contributed by atoms with E-state index in [2.05, 4.69) is 10.3 Å². The zero-order valence-corrected chi connectivity index (χ0v) is 11.0. The molecule has 2 N–H and O–H groups in total. The van der Waals surface area contributed by atoms with Gasteiger partial charge in [-0.05, 0) is 26.0 Å². The van der Waals surface area contributed by atoms with Crippen LogP contribution in [0.4, 0.5) is 5.69 Å². The third kappa shape index (κ3) is 2.93. The van der Waals surface area contributed by atoms with Crippen molar-refractivity contribution < 1.29 is 9.90 Å². The Bertz CT molecular complexity index is 560. The molecule has 0 amide bonds. The van der Waals surface area contributed by atoms with Crippen molar-refractivity contribution in [1.29, 1.82) is 0 Å². The third-order valence-electron chi connectivity index (χ3n) is 2.99. The Kier molecular flexibility index (Phi) is 3.85. The topological polar surface area (TPSA) is 67.2 Å². The Morgan fingerprint density at radius 3 is 2.68 bits per heavy atom. The summed E-state index contributed by atoms with van der Waals surface area (Å²) in [4.78, 5) is 15.4. The number of carboxylic acids is 1. The number of carboxylic acid groups (broad SMARTS) is 1. The van der Waals surface area contributed by atoms with Crippen molar-refractivity contribution in [3.05, 3.63) is 48.0 Å². The molecule has 0 aliphatic heterocycles. The van der Waals surface area contributed by atoms with Crippen molar-refractivity contribution in [1.82, 2.24) is 9.55 Å². The minimum Gasteiger partial charge on any atom is -0.479 e. The van der Waals surface area contributed by atoms with E-state index in [4.69, 9.17) is 0 Å². The number of rotatable bonds is 5. The second-order valence-corrected chi connectivity index (χ2v) is 4.39. The second-order valence-electron chi connectivity index (χ2n) is 4.39. The number of nitrogens with one attached hydrogen (secondary N) is 1. The fourth-order valence-electron chi connectivity index (χ4n) is 1.91. The molecule has 1 atom stereocenters. The molecule has 0 fully saturated rings. The highest BCUT2D eigenvalue weighted by molar-refractivity contribution is 5.78. The molecule has 5 heteroatoms. The quantitative estimate of drug-likeness (QED) is 0.865. The smallest absolute Gasteiger partial charge is 0.332 e. The zero-order valence-electron chi connectivity index (χ0n) is 11.0. The zero-order chi connectivity index (χ0) is 13.8. The van der Waals surface area contributed by atoms with Crippen LogP contribution in [0.25, 0.3) is 0 Å². The standard InChI is InChI=1S/C14H17N3O2/c1-3-17-9-15-8-12(17)13(14(18)19)16-11-6-4-10(2)5-7-11/h4-9,13,16H,3H2,1-2H3,(H,18,19). The SMILES string of the molecule is CCn1cncc1C(Nc1ccc(C)cc1)C(=O)O. The fourth-order valence-corrected chi connectivity index (χ4v) is 1.91. The van der Waals surface area contributed by atoms with Crippen molar-refractivity contribution in [2.75, 3.05) is 5.32 Å². The van der Waals surface area contributed by atoms with Crippen LogP contribution >= 0.6 is 0 Å². The first-order chi connectivity index (χ1) is 9.11. The summed E-state index contributed by atoms with van der Waals surface area (Å²) in [6.45, 7) is 4.63. The molecule has 5 nitrogen and oxygen atoms in total. The maximum Gasteiger partial charge on any atom is 0.332 e. The summed E-state index contributed by atoms with van der Waals surface area (Å²) < 4.78 is 1.82. The third-order valence-corrected chi connectivity index (χ3v) is 2.99. The van der Waals surface area contributed by atoms with E-state index in [-0.39, 0.29) is 0 Å². The van der Waals surface area contributed by atoms with E-state index in [1.165, 1.54) is 0 Å². The maximum atomic E-state index is 11.4. The number of aliphatic carboxylic acids is 1. The van der Waals surface area contributed by atoms with Gasteiger partial charge in [0.1, 0.15) is 0 Å². The van der Waals surface area contributed by atoms with Gasteiger partial charge in [0.2, 0.25) is 0 Å². The lowest BCUT2D eigenvalue weighted by Crippen LogP contribution is -2.23. The molecule has 0 radical (unpaired) electrons. The van der Waals surface area contributed by atoms with E-state index in [0.717, 1.165) is 11.3 Å². The lowest BCUT2D eigenvalue weighted by molar-refractivity contribution is -0.138. The van der Waals surface area contributed by atoms with Crippen molar-refractivity contribution in [2.45, 2.75) is 26.4 Å². The normalized spacial score (nSPS) is 12.1. The molecule has 1 aromatic heterocycles. The summed E-state index contributed by atoms with van der Waals surface area (Å²) in [5.41, 5.74) is 2.56. The van der Waals surface area contributed by atoms with Gasteiger partial charge >= 0.3 is 5.97 Å². The highest BCUT2D eigenvalue weighted by Gasteiger charge is 2.22. The van der Waals surface area contributed by atoms with Crippen LogP contribution in [0.3, 0.4) is 0 Å². The van der Waals surface area contributed by atoms with Crippen molar-refractivity contribution in [3.63, 3.8) is 0 Å². The number of nitrogens with zero attached hydrogens (tertiary/aromatic N) is 2. The van der Waals surface area contributed by atoms with Crippen molar-refractivity contribution >= 4 is 11.7 Å². The number of anilines is 1. The van der Waals surface area contributed by atoms with Crippen LogP contribution in [-0.4, -0.2) is 20.6 Å². The largest absolute Gasteiger partial charge is 0.479 e. The molecule has 1 unspecified atom stereocenters. The Morgan fingerprint density at radius 2 is 2.11 bits per heavy atom. The van der Waals surface area contributed by atoms with Crippen LogP contribution in [0.1, 0.15) is 24.2 Å². The van der Waals surface area contributed by atoms with Gasteiger partial charge in [-0.25, -0.2) is 9.78 Å². The van der Waals surface area contributed by atoms with Crippen LogP contribution in [0.15, 0.2) is 36.8 Å². The fraction of sp³-hybridized carbons (Fsp3) is 0.286.